The Kier molecular flexibility index (Phi) is 6.07. The predicted octanol–water partition coefficient (Wildman–Crippen LogP) is 3.69. The van der Waals surface area contributed by atoms with E-state index >= 15 is 0 Å². The van der Waals surface area contributed by atoms with Gasteiger partial charge in [-0.25, -0.2) is 4.39 Å². The molecule has 1 aromatic heterocycles. The number of nitrogens with one attached hydrogen (secondary N) is 1. The van der Waals surface area contributed by atoms with Gasteiger partial charge in [-0.15, -0.1) is 5.10 Å². The van der Waals surface area contributed by atoms with Crippen molar-refractivity contribution in [1.29, 1.82) is 0 Å². The Hall–Kier alpha value is -2.46. The molecule has 0 aliphatic heterocycles. The molecular formula is C17H15BrFN5O2S. The zero-order chi connectivity index (χ0) is 19.4. The summed E-state index contributed by atoms with van der Waals surface area (Å²) in [6.45, 7) is 1.69. The van der Waals surface area contributed by atoms with Crippen LogP contribution in [0.5, 0.6) is 5.75 Å². The number of hydrogen-bond acceptors (Lipinski definition) is 6. The van der Waals surface area contributed by atoms with E-state index < -0.39 is 11.1 Å². The lowest BCUT2D eigenvalue weighted by atomic mass is 10.3. The normalized spacial score (nSPS) is 11.9. The molecule has 0 radical (unpaired) electrons. The zero-order valence-electron chi connectivity index (χ0n) is 14.4. The summed E-state index contributed by atoms with van der Waals surface area (Å²) in [5.41, 5.74) is 0.763. The third kappa shape index (κ3) is 4.45. The van der Waals surface area contributed by atoms with Gasteiger partial charge in [0.1, 0.15) is 17.3 Å². The highest BCUT2D eigenvalue weighted by molar-refractivity contribution is 9.10. The van der Waals surface area contributed by atoms with Crippen LogP contribution in [0, 0.1) is 5.82 Å². The van der Waals surface area contributed by atoms with Crippen molar-refractivity contribution in [3.63, 3.8) is 0 Å². The third-order valence-electron chi connectivity index (χ3n) is 3.59. The highest BCUT2D eigenvalue weighted by Crippen LogP contribution is 2.28. The number of aromatic nitrogens is 4. The summed E-state index contributed by atoms with van der Waals surface area (Å²) in [6, 6.07) is 11.7. The van der Waals surface area contributed by atoms with E-state index in [0.29, 0.717) is 21.1 Å². The van der Waals surface area contributed by atoms with Crippen LogP contribution in [0.1, 0.15) is 6.92 Å². The lowest BCUT2D eigenvalue weighted by Gasteiger charge is -2.13. The van der Waals surface area contributed by atoms with Crippen LogP contribution < -0.4 is 10.1 Å². The van der Waals surface area contributed by atoms with Crippen molar-refractivity contribution >= 4 is 39.3 Å². The molecule has 1 unspecified atom stereocenters. The lowest BCUT2D eigenvalue weighted by Crippen LogP contribution is -2.23. The number of ether oxygens (including phenoxy) is 1. The fourth-order valence-electron chi connectivity index (χ4n) is 2.25. The molecule has 1 atom stereocenters. The minimum Gasteiger partial charge on any atom is -0.494 e. The summed E-state index contributed by atoms with van der Waals surface area (Å²) in [6.07, 6.45) is 0. The molecule has 3 rings (SSSR count). The number of carbonyl (C=O) groups is 1. The summed E-state index contributed by atoms with van der Waals surface area (Å²) >= 11 is 4.34. The Labute approximate surface area is 167 Å². The summed E-state index contributed by atoms with van der Waals surface area (Å²) in [4.78, 5) is 12.4. The molecule has 3 aromatic rings. The van der Waals surface area contributed by atoms with Gasteiger partial charge in [0.25, 0.3) is 0 Å². The Balaban J connectivity index is 1.76. The third-order valence-corrected chi connectivity index (χ3v) is 5.12. The van der Waals surface area contributed by atoms with Crippen LogP contribution in [0.4, 0.5) is 10.1 Å². The number of halogens is 2. The molecule has 0 fully saturated rings. The first-order valence-corrected chi connectivity index (χ1v) is 9.51. The Bertz CT molecular complexity index is 968. The molecule has 0 aliphatic carbocycles. The van der Waals surface area contributed by atoms with Gasteiger partial charge < -0.3 is 10.1 Å². The minimum absolute atomic E-state index is 0.111. The van der Waals surface area contributed by atoms with Crippen molar-refractivity contribution in [3.8, 4) is 11.4 Å². The Morgan fingerprint density at radius 1 is 1.33 bits per heavy atom. The highest BCUT2D eigenvalue weighted by atomic mass is 79.9. The topological polar surface area (TPSA) is 81.9 Å². The summed E-state index contributed by atoms with van der Waals surface area (Å²) in [5, 5.41) is 14.1. The molecular weight excluding hydrogens is 437 g/mol. The van der Waals surface area contributed by atoms with Gasteiger partial charge in [0.2, 0.25) is 11.1 Å². The van der Waals surface area contributed by atoms with Crippen LogP contribution >= 0.6 is 27.7 Å². The van der Waals surface area contributed by atoms with Crippen LogP contribution in [0.3, 0.4) is 0 Å². The first-order valence-electron chi connectivity index (χ1n) is 7.84. The van der Waals surface area contributed by atoms with Crippen molar-refractivity contribution in [2.24, 2.45) is 0 Å². The van der Waals surface area contributed by atoms with Gasteiger partial charge in [0.05, 0.1) is 18.0 Å². The molecule has 10 heteroatoms. The smallest absolute Gasteiger partial charge is 0.237 e. The fourth-order valence-corrected chi connectivity index (χ4v) is 3.38. The molecule has 0 saturated heterocycles. The van der Waals surface area contributed by atoms with Gasteiger partial charge in [0.15, 0.2) is 0 Å². The zero-order valence-corrected chi connectivity index (χ0v) is 16.8. The molecule has 1 amide bonds. The van der Waals surface area contributed by atoms with Gasteiger partial charge in [-0.3, -0.25) is 4.79 Å². The SMILES string of the molecule is COc1ccccc1-n1nnnc1SC(C)C(=O)Nc1ccc(Br)cc1F. The van der Waals surface area contributed by atoms with Crippen LogP contribution in [0.15, 0.2) is 52.1 Å². The van der Waals surface area contributed by atoms with Crippen LogP contribution in [0.25, 0.3) is 5.69 Å². The van der Waals surface area contributed by atoms with Gasteiger partial charge in [0, 0.05) is 4.47 Å². The fraction of sp³-hybridized carbons (Fsp3) is 0.176. The first kappa shape index (κ1) is 19.3. The monoisotopic (exact) mass is 451 g/mol. The summed E-state index contributed by atoms with van der Waals surface area (Å²) < 4.78 is 21.3. The number of thioether (sulfide) groups is 1. The van der Waals surface area contributed by atoms with Crippen molar-refractivity contribution < 1.29 is 13.9 Å². The number of nitrogens with zero attached hydrogens (tertiary/aromatic N) is 4. The number of rotatable bonds is 6. The van der Waals surface area contributed by atoms with Gasteiger partial charge in [-0.05, 0) is 47.7 Å². The molecule has 7 nitrogen and oxygen atoms in total. The molecule has 1 N–H and O–H groups in total. The standard InChI is InChI=1S/C17H15BrFN5O2S/c1-10(16(25)20-13-8-7-11(18)9-12(13)19)27-17-21-22-23-24(17)14-5-3-4-6-15(14)26-2/h3-10H,1-2H3,(H,20,25). The van der Waals surface area contributed by atoms with Crippen molar-refractivity contribution in [1.82, 2.24) is 20.2 Å². The van der Waals surface area contributed by atoms with Crippen molar-refractivity contribution in [2.45, 2.75) is 17.3 Å². The van der Waals surface area contributed by atoms with Crippen molar-refractivity contribution in [3.05, 3.63) is 52.8 Å². The van der Waals surface area contributed by atoms with Gasteiger partial charge in [-0.2, -0.15) is 4.68 Å². The Morgan fingerprint density at radius 3 is 2.85 bits per heavy atom. The van der Waals surface area contributed by atoms with E-state index in [-0.39, 0.29) is 11.6 Å². The molecule has 2 aromatic carbocycles. The second-order valence-corrected chi connectivity index (χ2v) is 7.64. The van der Waals surface area contributed by atoms with E-state index in [1.807, 2.05) is 12.1 Å². The van der Waals surface area contributed by atoms with E-state index in [1.165, 1.54) is 16.8 Å². The van der Waals surface area contributed by atoms with E-state index in [4.69, 9.17) is 4.74 Å². The second kappa shape index (κ2) is 8.49. The molecule has 0 aliphatic rings. The molecule has 140 valence electrons. The molecule has 0 bridgehead atoms. The molecule has 1 heterocycles. The maximum atomic E-state index is 13.9. The maximum absolute atomic E-state index is 13.9. The largest absolute Gasteiger partial charge is 0.494 e. The predicted molar refractivity (Wildman–Crippen MR) is 104 cm³/mol. The van der Waals surface area contributed by atoms with Gasteiger partial charge >= 0.3 is 0 Å². The molecule has 0 saturated carbocycles. The number of para-hydroxylation sites is 2. The van der Waals surface area contributed by atoms with Crippen molar-refractivity contribution in [2.75, 3.05) is 12.4 Å². The average molecular weight is 452 g/mol. The first-order chi connectivity index (χ1) is 13.0. The van der Waals surface area contributed by atoms with E-state index in [9.17, 15) is 9.18 Å². The van der Waals surface area contributed by atoms with E-state index in [1.54, 1.807) is 32.2 Å². The van der Waals surface area contributed by atoms with Crippen LogP contribution in [0.2, 0.25) is 0 Å². The number of anilines is 1. The number of hydrogen-bond donors (Lipinski definition) is 1. The van der Waals surface area contributed by atoms with E-state index in [0.717, 1.165) is 11.8 Å². The van der Waals surface area contributed by atoms with Crippen LogP contribution in [-0.4, -0.2) is 38.5 Å². The number of tetrazole rings is 1. The van der Waals surface area contributed by atoms with Gasteiger partial charge in [-0.1, -0.05) is 39.8 Å². The summed E-state index contributed by atoms with van der Waals surface area (Å²) in [5.74, 6) is -0.287. The number of methoxy groups -OCH3 is 1. The molecule has 0 spiro atoms. The minimum atomic E-state index is -0.562. The second-order valence-electron chi connectivity index (χ2n) is 5.42. The molecule has 27 heavy (non-hydrogen) atoms. The highest BCUT2D eigenvalue weighted by Gasteiger charge is 2.21. The lowest BCUT2D eigenvalue weighted by molar-refractivity contribution is -0.115. The van der Waals surface area contributed by atoms with Crippen LogP contribution in [-0.2, 0) is 4.79 Å². The number of amides is 1. The number of carbonyl (C=O) groups excluding carboxylic acids is 1. The maximum Gasteiger partial charge on any atom is 0.237 e. The Morgan fingerprint density at radius 2 is 2.11 bits per heavy atom. The van der Waals surface area contributed by atoms with E-state index in [2.05, 4.69) is 36.8 Å². The number of benzene rings is 2. The summed E-state index contributed by atoms with van der Waals surface area (Å²) in [7, 11) is 1.55. The quantitative estimate of drug-likeness (QED) is 0.575. The average Bonchev–Trinajstić information content (AvgIpc) is 3.11.